The van der Waals surface area contributed by atoms with Crippen molar-refractivity contribution in [3.63, 3.8) is 0 Å². The number of carboxylic acids is 1. The van der Waals surface area contributed by atoms with Crippen LogP contribution in [-0.2, 0) is 0 Å². The second-order valence-corrected chi connectivity index (χ2v) is 5.26. The van der Waals surface area contributed by atoms with E-state index in [9.17, 15) is 9.90 Å². The maximum atomic E-state index is 11.3. The Kier molecular flexibility index (Phi) is 3.70. The first-order valence-electron chi connectivity index (χ1n) is 6.98. The predicted molar refractivity (Wildman–Crippen MR) is 77.6 cm³/mol. The number of hydrogen-bond donors (Lipinski definition) is 1. The molecule has 1 N–H and O–H groups in total. The summed E-state index contributed by atoms with van der Waals surface area (Å²) in [4.78, 5) is 13.5. The lowest BCUT2D eigenvalue weighted by atomic mass is 10.2. The summed E-state index contributed by atoms with van der Waals surface area (Å²) in [7, 11) is 2.06. The Morgan fingerprint density at radius 3 is 2.86 bits per heavy atom. The zero-order valence-corrected chi connectivity index (χ0v) is 11.8. The number of carboxylic acid groups (broad SMARTS) is 1. The van der Waals surface area contributed by atoms with Gasteiger partial charge in [0, 0.05) is 18.0 Å². The molecule has 6 heteroatoms. The molecule has 0 saturated heterocycles. The molecule has 3 rings (SSSR count). The van der Waals surface area contributed by atoms with Gasteiger partial charge in [-0.05, 0) is 32.0 Å². The van der Waals surface area contributed by atoms with Crippen molar-refractivity contribution in [2.24, 2.45) is 0 Å². The third-order valence-electron chi connectivity index (χ3n) is 3.68. The molecule has 0 amide bonds. The lowest BCUT2D eigenvalue weighted by Gasteiger charge is -2.17. The molecule has 1 aliphatic rings. The second-order valence-electron chi connectivity index (χ2n) is 5.26. The molecule has 1 fully saturated rings. The minimum atomic E-state index is -1.13. The molecule has 0 spiro atoms. The summed E-state index contributed by atoms with van der Waals surface area (Å²) in [6, 6.07) is 7.91. The summed E-state index contributed by atoms with van der Waals surface area (Å²) >= 11 is 0. The van der Waals surface area contributed by atoms with Crippen LogP contribution in [0, 0.1) is 0 Å². The highest BCUT2D eigenvalue weighted by Crippen LogP contribution is 2.28. The Labute approximate surface area is 122 Å². The lowest BCUT2D eigenvalue weighted by molar-refractivity contribution is 0.0684. The largest absolute Gasteiger partial charge is 0.489 e. The van der Waals surface area contributed by atoms with Crippen LogP contribution in [0.25, 0.3) is 10.9 Å². The maximum Gasteiger partial charge on any atom is 0.360 e. The summed E-state index contributed by atoms with van der Waals surface area (Å²) in [5.41, 5.74) is 0.496. The standard InChI is InChI=1S/C15H17N3O3/c1-18(10-6-7-10)8-9-21-14-11-4-2-3-5-12(11)16-17-13(14)15(19)20/h2-5,10H,6-9H2,1H3,(H,19,20). The number of nitrogens with zero attached hydrogens (tertiary/aromatic N) is 3. The zero-order valence-electron chi connectivity index (χ0n) is 11.8. The fourth-order valence-corrected chi connectivity index (χ4v) is 2.31. The minimum absolute atomic E-state index is 0.136. The van der Waals surface area contributed by atoms with E-state index >= 15 is 0 Å². The molecule has 2 aromatic rings. The van der Waals surface area contributed by atoms with Gasteiger partial charge in [0.05, 0.1) is 5.52 Å². The van der Waals surface area contributed by atoms with Crippen molar-refractivity contribution < 1.29 is 14.6 Å². The topological polar surface area (TPSA) is 75.5 Å². The van der Waals surface area contributed by atoms with Crippen molar-refractivity contribution in [1.29, 1.82) is 0 Å². The number of aromatic carboxylic acids is 1. The number of likely N-dealkylation sites (N-methyl/N-ethyl adjacent to an activating group) is 1. The molecule has 0 aliphatic heterocycles. The first kappa shape index (κ1) is 13.8. The average Bonchev–Trinajstić information content (AvgIpc) is 3.31. The molecule has 0 unspecified atom stereocenters. The molecular formula is C15H17N3O3. The van der Waals surface area contributed by atoms with Gasteiger partial charge in [-0.2, -0.15) is 0 Å². The quantitative estimate of drug-likeness (QED) is 0.873. The smallest absolute Gasteiger partial charge is 0.360 e. The third kappa shape index (κ3) is 2.95. The average molecular weight is 287 g/mol. The van der Waals surface area contributed by atoms with Gasteiger partial charge < -0.3 is 14.7 Å². The number of carbonyl (C=O) groups is 1. The first-order chi connectivity index (χ1) is 10.2. The van der Waals surface area contributed by atoms with Gasteiger partial charge in [0.15, 0.2) is 5.75 Å². The molecule has 21 heavy (non-hydrogen) atoms. The number of aromatic nitrogens is 2. The van der Waals surface area contributed by atoms with Crippen molar-refractivity contribution in [2.75, 3.05) is 20.2 Å². The number of hydrogen-bond acceptors (Lipinski definition) is 5. The Morgan fingerprint density at radius 1 is 1.38 bits per heavy atom. The van der Waals surface area contributed by atoms with Gasteiger partial charge in [-0.3, -0.25) is 0 Å². The summed E-state index contributed by atoms with van der Waals surface area (Å²) in [5.74, 6) is -0.823. The molecule has 1 aliphatic carbocycles. The van der Waals surface area contributed by atoms with Gasteiger partial charge in [-0.15, -0.1) is 10.2 Å². The fourth-order valence-electron chi connectivity index (χ4n) is 2.31. The lowest BCUT2D eigenvalue weighted by Crippen LogP contribution is -2.26. The Morgan fingerprint density at radius 2 is 2.14 bits per heavy atom. The molecule has 1 aromatic heterocycles. The Balaban J connectivity index is 1.83. The highest BCUT2D eigenvalue weighted by atomic mass is 16.5. The molecular weight excluding hydrogens is 270 g/mol. The van der Waals surface area contributed by atoms with Crippen molar-refractivity contribution in [3.05, 3.63) is 30.0 Å². The van der Waals surface area contributed by atoms with E-state index in [1.165, 1.54) is 12.8 Å². The van der Waals surface area contributed by atoms with Gasteiger partial charge in [0.1, 0.15) is 6.61 Å². The summed E-state index contributed by atoms with van der Waals surface area (Å²) in [6.45, 7) is 1.20. The molecule has 0 atom stereocenters. The van der Waals surface area contributed by atoms with E-state index < -0.39 is 5.97 Å². The van der Waals surface area contributed by atoms with Gasteiger partial charge in [0.2, 0.25) is 5.69 Å². The van der Waals surface area contributed by atoms with Gasteiger partial charge in [0.25, 0.3) is 0 Å². The van der Waals surface area contributed by atoms with Crippen LogP contribution < -0.4 is 4.74 Å². The van der Waals surface area contributed by atoms with Gasteiger partial charge in [-0.25, -0.2) is 4.79 Å². The van der Waals surface area contributed by atoms with Gasteiger partial charge in [-0.1, -0.05) is 12.1 Å². The van der Waals surface area contributed by atoms with E-state index in [0.717, 1.165) is 6.54 Å². The summed E-state index contributed by atoms with van der Waals surface area (Å²) in [6.07, 6.45) is 2.47. The third-order valence-corrected chi connectivity index (χ3v) is 3.68. The molecule has 1 heterocycles. The van der Waals surface area contributed by atoms with Crippen LogP contribution >= 0.6 is 0 Å². The van der Waals surface area contributed by atoms with E-state index in [1.54, 1.807) is 12.1 Å². The number of ether oxygens (including phenoxy) is 1. The molecule has 1 saturated carbocycles. The van der Waals surface area contributed by atoms with Crippen LogP contribution in [0.5, 0.6) is 5.75 Å². The van der Waals surface area contributed by atoms with Crippen molar-refractivity contribution >= 4 is 16.9 Å². The molecule has 1 aromatic carbocycles. The number of benzene rings is 1. The van der Waals surface area contributed by atoms with Crippen molar-refractivity contribution in [3.8, 4) is 5.75 Å². The fraction of sp³-hybridized carbons (Fsp3) is 0.400. The van der Waals surface area contributed by atoms with Crippen LogP contribution in [-0.4, -0.2) is 52.4 Å². The maximum absolute atomic E-state index is 11.3. The zero-order chi connectivity index (χ0) is 14.8. The summed E-state index contributed by atoms with van der Waals surface area (Å²) < 4.78 is 5.74. The van der Waals surface area contributed by atoms with Crippen molar-refractivity contribution in [2.45, 2.75) is 18.9 Å². The molecule has 0 bridgehead atoms. The van der Waals surface area contributed by atoms with Crippen LogP contribution in [0.4, 0.5) is 0 Å². The normalized spacial score (nSPS) is 14.6. The minimum Gasteiger partial charge on any atom is -0.489 e. The molecule has 110 valence electrons. The number of rotatable bonds is 6. The van der Waals surface area contributed by atoms with Crippen molar-refractivity contribution in [1.82, 2.24) is 15.1 Å². The SMILES string of the molecule is CN(CCOc1c(C(=O)O)nnc2ccccc12)C1CC1. The van der Waals surface area contributed by atoms with E-state index in [4.69, 9.17) is 4.74 Å². The van der Waals surface area contributed by atoms with Gasteiger partial charge >= 0.3 is 5.97 Å². The first-order valence-corrected chi connectivity index (χ1v) is 6.98. The van der Waals surface area contributed by atoms with Crippen LogP contribution in [0.3, 0.4) is 0 Å². The summed E-state index contributed by atoms with van der Waals surface area (Å²) in [5, 5.41) is 17.6. The Hall–Kier alpha value is -2.21. The van der Waals surface area contributed by atoms with Crippen LogP contribution in [0.1, 0.15) is 23.3 Å². The highest BCUT2D eigenvalue weighted by Gasteiger charge is 2.26. The Bertz CT molecular complexity index is 670. The van der Waals surface area contributed by atoms with Crippen LogP contribution in [0.15, 0.2) is 24.3 Å². The second kappa shape index (κ2) is 5.65. The molecule has 0 radical (unpaired) electrons. The van der Waals surface area contributed by atoms with E-state index in [0.29, 0.717) is 29.3 Å². The van der Waals surface area contributed by atoms with E-state index in [-0.39, 0.29) is 5.69 Å². The monoisotopic (exact) mass is 287 g/mol. The van der Waals surface area contributed by atoms with Crippen LogP contribution in [0.2, 0.25) is 0 Å². The van der Waals surface area contributed by atoms with E-state index in [2.05, 4.69) is 22.1 Å². The highest BCUT2D eigenvalue weighted by molar-refractivity contribution is 5.96. The predicted octanol–water partition coefficient (Wildman–Crippen LogP) is 1.80. The molecule has 6 nitrogen and oxygen atoms in total. The number of fused-ring (bicyclic) bond motifs is 1. The van der Waals surface area contributed by atoms with E-state index in [1.807, 2.05) is 12.1 Å².